The van der Waals surface area contributed by atoms with Gasteiger partial charge < -0.3 is 10.3 Å². The minimum atomic E-state index is -3.00. The topological polar surface area (TPSA) is 90.5 Å². The summed E-state index contributed by atoms with van der Waals surface area (Å²) in [5, 5.41) is 7.96. The van der Waals surface area contributed by atoms with Gasteiger partial charge in [0, 0.05) is 17.7 Å². The molecule has 0 bridgehead atoms. The number of alkyl halides is 2. The van der Waals surface area contributed by atoms with Crippen molar-refractivity contribution < 1.29 is 18.4 Å². The molecule has 1 aromatic heterocycles. The number of nitrogens with one attached hydrogen (secondary N) is 2. The molecule has 154 valence electrons. The Balaban J connectivity index is 1.55. The van der Waals surface area contributed by atoms with Gasteiger partial charge >= 0.3 is 0 Å². The first-order valence-corrected chi connectivity index (χ1v) is 9.41. The summed E-state index contributed by atoms with van der Waals surface area (Å²) in [5.41, 5.74) is 2.29. The molecule has 2 heterocycles. The van der Waals surface area contributed by atoms with Gasteiger partial charge in [-0.1, -0.05) is 19.1 Å². The number of hydrogen-bond acceptors (Lipinski definition) is 4. The van der Waals surface area contributed by atoms with E-state index in [2.05, 4.69) is 20.4 Å². The number of carbonyl (C=O) groups excluding carboxylic acids is 2. The Bertz CT molecular complexity index is 1170. The van der Waals surface area contributed by atoms with Crippen molar-refractivity contribution in [3.05, 3.63) is 54.4 Å². The third-order valence-electron chi connectivity index (χ3n) is 5.04. The van der Waals surface area contributed by atoms with E-state index in [1.54, 1.807) is 31.5 Å². The SMILES string of the molecule is CCC(F)(F)c1cccc(NC(=O)C2C(=O)N(c3ccc4nc[nH]c4c3)N=C2C)c1. The molecule has 0 saturated carbocycles. The van der Waals surface area contributed by atoms with Gasteiger partial charge in [0.2, 0.25) is 5.91 Å². The molecule has 1 aliphatic rings. The fraction of sp³-hybridized carbons (Fsp3) is 0.238. The number of fused-ring (bicyclic) bond motifs is 1. The van der Waals surface area contributed by atoms with Gasteiger partial charge in [-0.05, 0) is 37.3 Å². The molecular weight excluding hydrogens is 392 g/mol. The third kappa shape index (κ3) is 3.42. The van der Waals surface area contributed by atoms with E-state index >= 15 is 0 Å². The van der Waals surface area contributed by atoms with Gasteiger partial charge in [-0.25, -0.2) is 13.8 Å². The van der Waals surface area contributed by atoms with E-state index in [0.717, 1.165) is 11.0 Å². The van der Waals surface area contributed by atoms with E-state index < -0.39 is 23.7 Å². The van der Waals surface area contributed by atoms with Gasteiger partial charge in [0.25, 0.3) is 11.8 Å². The van der Waals surface area contributed by atoms with Gasteiger partial charge in [-0.15, -0.1) is 0 Å². The van der Waals surface area contributed by atoms with Crippen LogP contribution < -0.4 is 10.3 Å². The number of carbonyl (C=O) groups is 2. The lowest BCUT2D eigenvalue weighted by Crippen LogP contribution is -2.36. The second-order valence-corrected chi connectivity index (χ2v) is 7.06. The predicted octanol–water partition coefficient (Wildman–Crippen LogP) is 4.04. The van der Waals surface area contributed by atoms with E-state index in [9.17, 15) is 18.4 Å². The van der Waals surface area contributed by atoms with E-state index in [4.69, 9.17) is 0 Å². The number of amides is 2. The normalized spacial score (nSPS) is 16.8. The van der Waals surface area contributed by atoms with Crippen LogP contribution in [0.2, 0.25) is 0 Å². The number of halogens is 2. The summed E-state index contributed by atoms with van der Waals surface area (Å²) in [7, 11) is 0. The molecule has 2 N–H and O–H groups in total. The average molecular weight is 411 g/mol. The van der Waals surface area contributed by atoms with Gasteiger partial charge in [-0.2, -0.15) is 10.1 Å². The molecule has 0 radical (unpaired) electrons. The van der Waals surface area contributed by atoms with Crippen LogP contribution in [0.1, 0.15) is 25.8 Å². The van der Waals surface area contributed by atoms with Crippen LogP contribution in [0, 0.1) is 5.92 Å². The lowest BCUT2D eigenvalue weighted by Gasteiger charge is -2.17. The molecule has 0 fully saturated rings. The molecule has 3 aromatic rings. The van der Waals surface area contributed by atoms with Crippen molar-refractivity contribution in [1.29, 1.82) is 0 Å². The lowest BCUT2D eigenvalue weighted by molar-refractivity contribution is -0.127. The lowest BCUT2D eigenvalue weighted by atomic mass is 10.0. The summed E-state index contributed by atoms with van der Waals surface area (Å²) >= 11 is 0. The highest BCUT2D eigenvalue weighted by molar-refractivity contribution is 6.28. The van der Waals surface area contributed by atoms with Crippen molar-refractivity contribution >= 4 is 39.9 Å². The smallest absolute Gasteiger partial charge is 0.273 e. The highest BCUT2D eigenvalue weighted by Gasteiger charge is 2.40. The molecule has 9 heteroatoms. The van der Waals surface area contributed by atoms with Crippen LogP contribution in [0.4, 0.5) is 20.2 Å². The molecule has 0 saturated heterocycles. The number of hydrogen-bond donors (Lipinski definition) is 2. The first kappa shape index (κ1) is 19.7. The Labute approximate surface area is 170 Å². The number of benzene rings is 2. The Morgan fingerprint density at radius 1 is 1.27 bits per heavy atom. The number of aromatic nitrogens is 2. The number of H-pyrrole nitrogens is 1. The first-order chi connectivity index (χ1) is 14.3. The van der Waals surface area contributed by atoms with Crippen LogP contribution in [-0.2, 0) is 15.5 Å². The summed E-state index contributed by atoms with van der Waals surface area (Å²) in [4.78, 5) is 32.8. The van der Waals surface area contributed by atoms with E-state index in [0.29, 0.717) is 11.4 Å². The molecule has 7 nitrogen and oxygen atoms in total. The molecule has 30 heavy (non-hydrogen) atoms. The Hall–Kier alpha value is -3.62. The van der Waals surface area contributed by atoms with Gasteiger partial charge in [0.05, 0.1) is 28.8 Å². The highest BCUT2D eigenvalue weighted by Crippen LogP contribution is 2.33. The zero-order valence-corrected chi connectivity index (χ0v) is 16.3. The number of imidazole rings is 1. The van der Waals surface area contributed by atoms with Crippen LogP contribution in [-0.4, -0.2) is 27.5 Å². The van der Waals surface area contributed by atoms with Crippen LogP contribution in [0.3, 0.4) is 0 Å². The Kier molecular flexibility index (Phi) is 4.81. The van der Waals surface area contributed by atoms with Crippen molar-refractivity contribution in [2.24, 2.45) is 11.0 Å². The Morgan fingerprint density at radius 3 is 2.83 bits per heavy atom. The number of aromatic amines is 1. The summed E-state index contributed by atoms with van der Waals surface area (Å²) < 4.78 is 27.9. The summed E-state index contributed by atoms with van der Waals surface area (Å²) in [6.45, 7) is 2.97. The highest BCUT2D eigenvalue weighted by atomic mass is 19.3. The minimum absolute atomic E-state index is 0.194. The number of hydrazone groups is 1. The zero-order chi connectivity index (χ0) is 21.5. The fourth-order valence-corrected chi connectivity index (χ4v) is 3.35. The molecule has 1 aliphatic heterocycles. The van der Waals surface area contributed by atoms with Crippen LogP contribution in [0.15, 0.2) is 53.9 Å². The quantitative estimate of drug-likeness (QED) is 0.621. The second-order valence-electron chi connectivity index (χ2n) is 7.06. The minimum Gasteiger partial charge on any atom is -0.345 e. The third-order valence-corrected chi connectivity index (χ3v) is 5.04. The van der Waals surface area contributed by atoms with Crippen LogP contribution in [0.25, 0.3) is 11.0 Å². The molecule has 0 spiro atoms. The molecule has 1 unspecified atom stereocenters. The van der Waals surface area contributed by atoms with Crippen molar-refractivity contribution in [2.45, 2.75) is 26.2 Å². The molecule has 0 aliphatic carbocycles. The largest absolute Gasteiger partial charge is 0.345 e. The average Bonchev–Trinajstić information content (AvgIpc) is 3.31. The summed E-state index contributed by atoms with van der Waals surface area (Å²) in [6, 6.07) is 10.6. The van der Waals surface area contributed by atoms with E-state index in [1.165, 1.54) is 36.2 Å². The number of rotatable bonds is 5. The molecule has 1 atom stereocenters. The summed E-state index contributed by atoms with van der Waals surface area (Å²) in [5.74, 6) is -5.27. The van der Waals surface area contributed by atoms with Gasteiger partial charge in [0.1, 0.15) is 0 Å². The first-order valence-electron chi connectivity index (χ1n) is 9.41. The van der Waals surface area contributed by atoms with Crippen LogP contribution >= 0.6 is 0 Å². The van der Waals surface area contributed by atoms with Crippen molar-refractivity contribution in [1.82, 2.24) is 9.97 Å². The van der Waals surface area contributed by atoms with Crippen molar-refractivity contribution in [3.8, 4) is 0 Å². The maximum absolute atomic E-state index is 14.0. The monoisotopic (exact) mass is 411 g/mol. The standard InChI is InChI=1S/C21H19F2N5O2/c1-3-21(22,23)13-5-4-6-14(9-13)26-19(29)18-12(2)27-28(20(18)30)15-7-8-16-17(10-15)25-11-24-16/h4-11,18H,3H2,1-2H3,(H,24,25)(H,26,29). The number of anilines is 2. The van der Waals surface area contributed by atoms with Gasteiger partial charge in [0.15, 0.2) is 5.92 Å². The summed E-state index contributed by atoms with van der Waals surface area (Å²) in [6.07, 6.45) is 1.19. The molecule has 2 amide bonds. The second kappa shape index (κ2) is 7.33. The number of nitrogens with zero attached hydrogens (tertiary/aromatic N) is 3. The molecule has 2 aromatic carbocycles. The maximum Gasteiger partial charge on any atom is 0.273 e. The predicted molar refractivity (Wildman–Crippen MR) is 109 cm³/mol. The fourth-order valence-electron chi connectivity index (χ4n) is 3.35. The maximum atomic E-state index is 14.0. The molecular formula is C21H19F2N5O2. The van der Waals surface area contributed by atoms with E-state index in [-0.39, 0.29) is 17.7 Å². The van der Waals surface area contributed by atoms with E-state index in [1.807, 2.05) is 0 Å². The zero-order valence-electron chi connectivity index (χ0n) is 16.3. The van der Waals surface area contributed by atoms with Gasteiger partial charge in [-0.3, -0.25) is 9.59 Å². The van der Waals surface area contributed by atoms with Crippen molar-refractivity contribution in [2.75, 3.05) is 10.3 Å². The molecule has 4 rings (SSSR count). The Morgan fingerprint density at radius 2 is 2.07 bits per heavy atom. The van der Waals surface area contributed by atoms with Crippen molar-refractivity contribution in [3.63, 3.8) is 0 Å². The van der Waals surface area contributed by atoms with Crippen LogP contribution in [0.5, 0.6) is 0 Å².